The van der Waals surface area contributed by atoms with Gasteiger partial charge in [0.1, 0.15) is 0 Å². The summed E-state index contributed by atoms with van der Waals surface area (Å²) >= 11 is 0. The first-order chi connectivity index (χ1) is 10.5. The minimum atomic E-state index is -0.773. The summed E-state index contributed by atoms with van der Waals surface area (Å²) < 4.78 is 11.7. The van der Waals surface area contributed by atoms with E-state index in [1.165, 1.54) is 5.56 Å². The lowest BCUT2D eigenvalue weighted by molar-refractivity contribution is -0.131. The summed E-state index contributed by atoms with van der Waals surface area (Å²) in [5, 5.41) is 0. The van der Waals surface area contributed by atoms with Crippen molar-refractivity contribution in [2.45, 2.75) is 19.8 Å². The van der Waals surface area contributed by atoms with Gasteiger partial charge in [-0.05, 0) is 30.0 Å². The van der Waals surface area contributed by atoms with Crippen LogP contribution in [0.15, 0.2) is 24.3 Å². The molecule has 1 aliphatic heterocycles. The van der Waals surface area contributed by atoms with Crippen LogP contribution in [0.3, 0.4) is 0 Å². The quantitative estimate of drug-likeness (QED) is 0.850. The van der Waals surface area contributed by atoms with Crippen molar-refractivity contribution < 1.29 is 9.00 Å². The van der Waals surface area contributed by atoms with Crippen LogP contribution in [0, 0.1) is 5.92 Å². The second kappa shape index (κ2) is 7.77. The molecule has 122 valence electrons. The van der Waals surface area contributed by atoms with Crippen LogP contribution in [0.5, 0.6) is 0 Å². The lowest BCUT2D eigenvalue weighted by atomic mass is 10.1. The van der Waals surface area contributed by atoms with E-state index in [9.17, 15) is 9.00 Å². The molecule has 1 aromatic carbocycles. The number of amides is 1. The monoisotopic (exact) mass is 322 g/mol. The minimum Gasteiger partial charge on any atom is -0.378 e. The standard InChI is InChI=1S/C17H26N2O2S/c1-14-12-19(9-10-22(21)13-14)17(20)8-7-15-5-4-6-16(11-15)18(2)3/h4-6,11,14H,7-10,12-13H2,1-3H3/t14-,22+/m0/s1. The Balaban J connectivity index is 1.92. The van der Waals surface area contributed by atoms with Crippen LogP contribution in [-0.2, 0) is 22.0 Å². The van der Waals surface area contributed by atoms with E-state index in [0.717, 1.165) is 18.7 Å². The first kappa shape index (κ1) is 17.0. The highest BCUT2D eigenvalue weighted by molar-refractivity contribution is 7.85. The van der Waals surface area contributed by atoms with Crippen molar-refractivity contribution in [1.82, 2.24) is 4.90 Å². The third kappa shape index (κ3) is 4.83. The summed E-state index contributed by atoms with van der Waals surface area (Å²) in [6, 6.07) is 8.30. The summed E-state index contributed by atoms with van der Waals surface area (Å²) in [5.74, 6) is 1.84. The van der Waals surface area contributed by atoms with Crippen molar-refractivity contribution in [3.63, 3.8) is 0 Å². The second-order valence-corrected chi connectivity index (χ2v) is 7.94. The Labute approximate surface area is 135 Å². The van der Waals surface area contributed by atoms with Crippen LogP contribution < -0.4 is 4.90 Å². The fourth-order valence-corrected chi connectivity index (χ4v) is 4.09. The van der Waals surface area contributed by atoms with Crippen molar-refractivity contribution in [2.75, 3.05) is 43.6 Å². The molecule has 0 aliphatic carbocycles. The van der Waals surface area contributed by atoms with E-state index in [1.54, 1.807) is 0 Å². The molecule has 0 N–H and O–H groups in total. The molecule has 1 aliphatic rings. The van der Waals surface area contributed by atoms with Gasteiger partial charge in [0.15, 0.2) is 0 Å². The normalized spacial score (nSPS) is 22.2. The van der Waals surface area contributed by atoms with Crippen LogP contribution in [0.25, 0.3) is 0 Å². The third-order valence-corrected chi connectivity index (χ3v) is 5.58. The zero-order valence-electron chi connectivity index (χ0n) is 13.7. The Morgan fingerprint density at radius 2 is 2.18 bits per heavy atom. The summed E-state index contributed by atoms with van der Waals surface area (Å²) in [6.45, 7) is 3.44. The third-order valence-electron chi connectivity index (χ3n) is 4.00. The largest absolute Gasteiger partial charge is 0.378 e. The molecule has 2 rings (SSSR count). The maximum Gasteiger partial charge on any atom is 0.222 e. The molecule has 0 saturated carbocycles. The molecule has 0 aromatic heterocycles. The summed E-state index contributed by atoms with van der Waals surface area (Å²) in [6.07, 6.45) is 1.28. The zero-order chi connectivity index (χ0) is 16.1. The van der Waals surface area contributed by atoms with E-state index in [4.69, 9.17) is 0 Å². The fraction of sp³-hybridized carbons (Fsp3) is 0.588. The van der Waals surface area contributed by atoms with Crippen LogP contribution in [0.2, 0.25) is 0 Å². The lowest BCUT2D eigenvalue weighted by Crippen LogP contribution is -2.35. The van der Waals surface area contributed by atoms with Gasteiger partial charge in [-0.3, -0.25) is 9.00 Å². The molecule has 4 nitrogen and oxygen atoms in total. The van der Waals surface area contributed by atoms with E-state index in [-0.39, 0.29) is 5.91 Å². The summed E-state index contributed by atoms with van der Waals surface area (Å²) in [4.78, 5) is 16.4. The zero-order valence-corrected chi connectivity index (χ0v) is 14.6. The molecular weight excluding hydrogens is 296 g/mol. The molecule has 1 heterocycles. The number of anilines is 1. The Morgan fingerprint density at radius 3 is 2.91 bits per heavy atom. The highest BCUT2D eigenvalue weighted by Crippen LogP contribution is 2.16. The first-order valence-corrected chi connectivity index (χ1v) is 9.33. The lowest BCUT2D eigenvalue weighted by Gasteiger charge is -2.22. The van der Waals surface area contributed by atoms with Gasteiger partial charge in [-0.25, -0.2) is 0 Å². The van der Waals surface area contributed by atoms with Crippen LogP contribution in [0.1, 0.15) is 18.9 Å². The Morgan fingerprint density at radius 1 is 1.41 bits per heavy atom. The van der Waals surface area contributed by atoms with E-state index >= 15 is 0 Å². The van der Waals surface area contributed by atoms with Crippen LogP contribution in [0.4, 0.5) is 5.69 Å². The molecule has 5 heteroatoms. The number of carbonyl (C=O) groups is 1. The molecule has 1 fully saturated rings. The molecule has 1 amide bonds. The number of nitrogens with zero attached hydrogens (tertiary/aromatic N) is 2. The Kier molecular flexibility index (Phi) is 6.00. The van der Waals surface area contributed by atoms with Gasteiger partial charge >= 0.3 is 0 Å². The number of hydrogen-bond acceptors (Lipinski definition) is 3. The first-order valence-electron chi connectivity index (χ1n) is 7.84. The summed E-state index contributed by atoms with van der Waals surface area (Å²) in [7, 11) is 3.26. The Hall–Kier alpha value is -1.36. The highest BCUT2D eigenvalue weighted by Gasteiger charge is 2.22. The molecule has 22 heavy (non-hydrogen) atoms. The van der Waals surface area contributed by atoms with E-state index in [2.05, 4.69) is 30.0 Å². The average Bonchev–Trinajstić information content (AvgIpc) is 2.65. The number of carbonyl (C=O) groups excluding carboxylic acids is 1. The van der Waals surface area contributed by atoms with E-state index in [0.29, 0.717) is 30.4 Å². The number of rotatable bonds is 4. The number of hydrogen-bond donors (Lipinski definition) is 0. The van der Waals surface area contributed by atoms with Gasteiger partial charge in [0, 0.05) is 61.6 Å². The van der Waals surface area contributed by atoms with E-state index in [1.807, 2.05) is 25.1 Å². The second-order valence-electron chi connectivity index (χ2n) is 6.32. The van der Waals surface area contributed by atoms with Gasteiger partial charge < -0.3 is 9.80 Å². The molecule has 0 spiro atoms. The van der Waals surface area contributed by atoms with Gasteiger partial charge in [-0.15, -0.1) is 0 Å². The van der Waals surface area contributed by atoms with Gasteiger partial charge in [0.25, 0.3) is 0 Å². The molecule has 0 unspecified atom stereocenters. The van der Waals surface area contributed by atoms with E-state index < -0.39 is 10.8 Å². The smallest absolute Gasteiger partial charge is 0.222 e. The fourth-order valence-electron chi connectivity index (χ4n) is 2.76. The van der Waals surface area contributed by atoms with Gasteiger partial charge in [0.2, 0.25) is 5.91 Å². The molecule has 0 radical (unpaired) electrons. The van der Waals surface area contributed by atoms with Crippen molar-refractivity contribution >= 4 is 22.4 Å². The molecule has 1 aromatic rings. The minimum absolute atomic E-state index is 0.181. The van der Waals surface area contributed by atoms with Gasteiger partial charge in [-0.1, -0.05) is 19.1 Å². The average molecular weight is 322 g/mol. The molecular formula is C17H26N2O2S. The van der Waals surface area contributed by atoms with Crippen molar-refractivity contribution in [1.29, 1.82) is 0 Å². The van der Waals surface area contributed by atoms with Gasteiger partial charge in [-0.2, -0.15) is 0 Å². The van der Waals surface area contributed by atoms with Crippen molar-refractivity contribution in [2.24, 2.45) is 5.92 Å². The molecule has 0 bridgehead atoms. The Bertz CT molecular complexity index is 545. The number of aryl methyl sites for hydroxylation is 1. The predicted octanol–water partition coefficient (Wildman–Crippen LogP) is 1.91. The molecule has 2 atom stereocenters. The summed E-state index contributed by atoms with van der Waals surface area (Å²) in [5.41, 5.74) is 2.34. The van der Waals surface area contributed by atoms with Gasteiger partial charge in [0.05, 0.1) is 0 Å². The number of benzene rings is 1. The molecule has 1 saturated heterocycles. The SMILES string of the molecule is C[C@H]1CN(C(=O)CCc2cccc(N(C)C)c2)CC[S@@](=O)C1. The maximum absolute atomic E-state index is 12.4. The van der Waals surface area contributed by atoms with Crippen LogP contribution in [-0.4, -0.2) is 53.7 Å². The van der Waals surface area contributed by atoms with Crippen LogP contribution >= 0.6 is 0 Å². The van der Waals surface area contributed by atoms with Crippen molar-refractivity contribution in [3.8, 4) is 0 Å². The highest BCUT2D eigenvalue weighted by atomic mass is 32.2. The predicted molar refractivity (Wildman–Crippen MR) is 92.7 cm³/mol. The van der Waals surface area contributed by atoms with Crippen molar-refractivity contribution in [3.05, 3.63) is 29.8 Å². The maximum atomic E-state index is 12.4. The topological polar surface area (TPSA) is 40.6 Å².